The van der Waals surface area contributed by atoms with E-state index in [4.69, 9.17) is 18.0 Å². The topological polar surface area (TPSA) is 58.9 Å². The number of rotatable bonds is 4. The van der Waals surface area contributed by atoms with Gasteiger partial charge in [0.25, 0.3) is 0 Å². The van der Waals surface area contributed by atoms with E-state index in [0.29, 0.717) is 22.4 Å². The molecule has 0 amide bonds. The van der Waals surface area contributed by atoms with Crippen LogP contribution in [0, 0.1) is 5.82 Å². The van der Waals surface area contributed by atoms with Gasteiger partial charge in [0.15, 0.2) is 0 Å². The third-order valence-corrected chi connectivity index (χ3v) is 5.45. The predicted octanol–water partition coefficient (Wildman–Crippen LogP) is 3.24. The van der Waals surface area contributed by atoms with Crippen molar-refractivity contribution < 1.29 is 8.60 Å². The number of H-pyrrole nitrogens is 1. The summed E-state index contributed by atoms with van der Waals surface area (Å²) in [7, 11) is -2.61. The fraction of sp³-hybridized carbons (Fsp3) is 0.111. The Hall–Kier alpha value is -2.18. The summed E-state index contributed by atoms with van der Waals surface area (Å²) in [6, 6.07) is 10.6. The van der Waals surface area contributed by atoms with Crippen LogP contribution in [0.2, 0.25) is 0 Å². The van der Waals surface area contributed by atoms with Crippen LogP contribution in [0.25, 0.3) is 10.9 Å². The van der Waals surface area contributed by atoms with Gasteiger partial charge in [-0.05, 0) is 39.2 Å². The van der Waals surface area contributed by atoms with E-state index in [0.717, 1.165) is 16.5 Å². The number of fused-ring (bicyclic) bond motifs is 1. The lowest BCUT2D eigenvalue weighted by Gasteiger charge is -2.14. The summed E-state index contributed by atoms with van der Waals surface area (Å²) >= 11 is 4.99. The van der Waals surface area contributed by atoms with Gasteiger partial charge in [-0.15, -0.1) is 0 Å². The van der Waals surface area contributed by atoms with Gasteiger partial charge >= 0.3 is 0 Å². The van der Waals surface area contributed by atoms with Crippen molar-refractivity contribution in [2.24, 2.45) is 5.73 Å². The Kier molecular flexibility index (Phi) is 4.19. The maximum atomic E-state index is 14.7. The number of thiocarbonyl (C=S) groups is 1. The molecule has 1 aromatic heterocycles. The second-order valence-electron chi connectivity index (χ2n) is 5.85. The molecular formula is C18H17FN2OS2. The zero-order valence-corrected chi connectivity index (χ0v) is 14.8. The molecule has 0 saturated carbocycles. The molecule has 1 heterocycles. The van der Waals surface area contributed by atoms with E-state index >= 15 is 0 Å². The van der Waals surface area contributed by atoms with Gasteiger partial charge in [-0.2, -0.15) is 0 Å². The molecule has 2 aromatic carbocycles. The lowest BCUT2D eigenvalue weighted by atomic mass is 10.0. The highest BCUT2D eigenvalue weighted by Crippen LogP contribution is 2.30. The largest absolute Gasteiger partial charge is 0.389 e. The van der Waals surface area contributed by atoms with Crippen molar-refractivity contribution in [2.45, 2.75) is 11.3 Å². The van der Waals surface area contributed by atoms with E-state index in [2.05, 4.69) is 10.9 Å². The summed E-state index contributed by atoms with van der Waals surface area (Å²) in [5.74, 6) is 3.36. The summed E-state index contributed by atoms with van der Waals surface area (Å²) in [5, 5.41) is 0.736. The normalized spacial score (nSPS) is 13.8. The van der Waals surface area contributed by atoms with Crippen molar-refractivity contribution >= 4 is 43.5 Å². The number of halogens is 1. The fourth-order valence-corrected chi connectivity index (χ4v) is 4.34. The molecule has 0 saturated heterocycles. The van der Waals surface area contributed by atoms with Gasteiger partial charge in [0.2, 0.25) is 0 Å². The Balaban J connectivity index is 2.21. The van der Waals surface area contributed by atoms with E-state index < -0.39 is 15.3 Å². The maximum Gasteiger partial charge on any atom is 0.130 e. The first-order valence-corrected chi connectivity index (χ1v) is 9.81. The smallest absolute Gasteiger partial charge is 0.130 e. The number of hydrogen-bond acceptors (Lipinski definition) is 2. The van der Waals surface area contributed by atoms with Gasteiger partial charge < -0.3 is 10.7 Å². The van der Waals surface area contributed by atoms with Gasteiger partial charge in [0.1, 0.15) is 10.8 Å². The number of aromatic amines is 1. The summed E-state index contributed by atoms with van der Waals surface area (Å²) < 4.78 is 27.4. The molecule has 3 N–H and O–H groups in total. The minimum atomic E-state index is -2.61. The SMILES string of the molecule is C=S(C)(=O)c1c(Cc2cccc(C(N)=S)c2)c(F)cc2[nH]ccc12. The van der Waals surface area contributed by atoms with Gasteiger partial charge in [0, 0.05) is 45.8 Å². The molecule has 3 rings (SSSR count). The molecule has 3 aromatic rings. The highest BCUT2D eigenvalue weighted by Gasteiger charge is 2.19. The van der Waals surface area contributed by atoms with Crippen LogP contribution in [0.15, 0.2) is 47.5 Å². The molecule has 0 fully saturated rings. The summed E-state index contributed by atoms with van der Waals surface area (Å²) in [6.07, 6.45) is 3.53. The number of nitrogens with one attached hydrogen (secondary N) is 1. The quantitative estimate of drug-likeness (QED) is 0.702. The first-order chi connectivity index (χ1) is 11.3. The number of nitrogens with two attached hydrogens (primary N) is 1. The molecule has 24 heavy (non-hydrogen) atoms. The monoisotopic (exact) mass is 360 g/mol. The number of hydrogen-bond donors (Lipinski definition) is 2. The van der Waals surface area contributed by atoms with Crippen molar-refractivity contribution in [2.75, 3.05) is 6.26 Å². The number of aromatic nitrogens is 1. The Labute approximate surface area is 145 Å². The average Bonchev–Trinajstić information content (AvgIpc) is 2.94. The molecule has 0 aliphatic carbocycles. The van der Waals surface area contributed by atoms with Crippen LogP contribution in [0.3, 0.4) is 0 Å². The van der Waals surface area contributed by atoms with Gasteiger partial charge in [-0.25, -0.2) is 4.39 Å². The van der Waals surface area contributed by atoms with Crippen molar-refractivity contribution in [1.29, 1.82) is 0 Å². The Morgan fingerprint density at radius 3 is 2.79 bits per heavy atom. The Morgan fingerprint density at radius 2 is 2.12 bits per heavy atom. The molecule has 0 aliphatic rings. The van der Waals surface area contributed by atoms with Crippen LogP contribution < -0.4 is 5.73 Å². The number of benzene rings is 2. The minimum Gasteiger partial charge on any atom is -0.389 e. The fourth-order valence-electron chi connectivity index (χ4n) is 2.88. The van der Waals surface area contributed by atoms with E-state index in [1.807, 2.05) is 24.3 Å². The van der Waals surface area contributed by atoms with Crippen molar-refractivity contribution in [3.63, 3.8) is 0 Å². The van der Waals surface area contributed by atoms with E-state index in [9.17, 15) is 8.60 Å². The van der Waals surface area contributed by atoms with Crippen molar-refractivity contribution in [3.05, 3.63) is 65.1 Å². The zero-order valence-electron chi connectivity index (χ0n) is 13.1. The average molecular weight is 360 g/mol. The molecule has 6 heteroatoms. The molecule has 0 spiro atoms. The zero-order chi connectivity index (χ0) is 17.5. The minimum absolute atomic E-state index is 0.287. The third-order valence-electron chi connectivity index (χ3n) is 3.88. The van der Waals surface area contributed by atoms with E-state index in [-0.39, 0.29) is 4.99 Å². The van der Waals surface area contributed by atoms with E-state index in [1.165, 1.54) is 12.3 Å². The first-order valence-electron chi connectivity index (χ1n) is 7.27. The standard InChI is InChI=1S/C18H17FN2OS2/c1-24(2,22)17-13-6-7-21-16(13)10-15(19)14(17)9-11-4-3-5-12(8-11)18(20)23/h3-8,10,21H,1,9H2,2H3,(H2,20,23). The maximum absolute atomic E-state index is 14.7. The highest BCUT2D eigenvalue weighted by molar-refractivity contribution is 7.99. The summed E-state index contributed by atoms with van der Waals surface area (Å²) in [4.78, 5) is 3.71. The van der Waals surface area contributed by atoms with E-state index in [1.54, 1.807) is 12.3 Å². The second-order valence-corrected chi connectivity index (χ2v) is 8.71. The van der Waals surface area contributed by atoms with Gasteiger partial charge in [0.05, 0.1) is 0 Å². The van der Waals surface area contributed by atoms with Crippen molar-refractivity contribution in [1.82, 2.24) is 4.98 Å². The molecule has 0 bridgehead atoms. The van der Waals surface area contributed by atoms with Crippen LogP contribution in [0.4, 0.5) is 4.39 Å². The lowest BCUT2D eigenvalue weighted by molar-refractivity contribution is 0.609. The van der Waals surface area contributed by atoms with Crippen LogP contribution in [-0.2, 0) is 15.9 Å². The van der Waals surface area contributed by atoms with Crippen LogP contribution in [-0.4, -0.2) is 26.3 Å². The first kappa shape index (κ1) is 16.7. The van der Waals surface area contributed by atoms with Crippen molar-refractivity contribution in [3.8, 4) is 0 Å². The summed E-state index contributed by atoms with van der Waals surface area (Å²) in [5.41, 5.74) is 8.24. The molecule has 0 aliphatic heterocycles. The van der Waals surface area contributed by atoms with Gasteiger partial charge in [-0.1, -0.05) is 30.4 Å². The summed E-state index contributed by atoms with van der Waals surface area (Å²) in [6.45, 7) is 0. The highest BCUT2D eigenvalue weighted by atomic mass is 32.2. The molecule has 0 radical (unpaired) electrons. The van der Waals surface area contributed by atoms with Gasteiger partial charge in [-0.3, -0.25) is 4.21 Å². The third kappa shape index (κ3) is 3.07. The lowest BCUT2D eigenvalue weighted by Crippen LogP contribution is -2.10. The molecule has 3 nitrogen and oxygen atoms in total. The molecule has 1 unspecified atom stereocenters. The molecule has 124 valence electrons. The predicted molar refractivity (Wildman–Crippen MR) is 103 cm³/mol. The van der Waals surface area contributed by atoms with Crippen LogP contribution in [0.1, 0.15) is 16.7 Å². The Morgan fingerprint density at radius 1 is 1.38 bits per heavy atom. The molecular weight excluding hydrogens is 343 g/mol. The second kappa shape index (κ2) is 6.03. The van der Waals surface area contributed by atoms with Crippen LogP contribution in [0.5, 0.6) is 0 Å². The Bertz CT molecular complexity index is 1050. The molecule has 1 atom stereocenters. The van der Waals surface area contributed by atoms with Crippen LogP contribution >= 0.6 is 12.2 Å².